The molecule has 0 aliphatic carbocycles. The number of nitrogens with zero attached hydrogens (tertiary/aromatic N) is 1. The van der Waals surface area contributed by atoms with Crippen LogP contribution >= 0.6 is 23.7 Å². The van der Waals surface area contributed by atoms with Gasteiger partial charge in [0.05, 0.1) is 6.61 Å². The van der Waals surface area contributed by atoms with E-state index in [0.717, 1.165) is 42.3 Å². The molecule has 0 radical (unpaired) electrons. The van der Waals surface area contributed by atoms with Crippen molar-refractivity contribution in [2.75, 3.05) is 26.2 Å². The molecule has 0 atom stereocenters. The zero-order chi connectivity index (χ0) is 17.5. The number of ether oxygens (including phenoxy) is 1. The molecule has 140 valence electrons. The van der Waals surface area contributed by atoms with Crippen molar-refractivity contribution in [3.8, 4) is 16.3 Å². The highest BCUT2D eigenvalue weighted by atomic mass is 35.5. The summed E-state index contributed by atoms with van der Waals surface area (Å²) in [7, 11) is 0. The maximum atomic E-state index is 12.3. The first kappa shape index (κ1) is 20.4. The van der Waals surface area contributed by atoms with Gasteiger partial charge in [-0.05, 0) is 43.7 Å². The molecule has 5 nitrogen and oxygen atoms in total. The van der Waals surface area contributed by atoms with Crippen molar-refractivity contribution in [3.63, 3.8) is 0 Å². The smallest absolute Gasteiger partial charge is 0.271 e. The van der Waals surface area contributed by atoms with Gasteiger partial charge in [-0.3, -0.25) is 4.79 Å². The molecule has 2 heterocycles. The summed E-state index contributed by atoms with van der Waals surface area (Å²) in [6.45, 7) is 5.24. The van der Waals surface area contributed by atoms with Gasteiger partial charge in [-0.25, -0.2) is 4.98 Å². The number of amides is 1. The number of halogens is 1. The molecule has 1 aromatic heterocycles. The van der Waals surface area contributed by atoms with Crippen molar-refractivity contribution in [3.05, 3.63) is 47.0 Å². The van der Waals surface area contributed by atoms with Gasteiger partial charge in [0, 0.05) is 24.0 Å². The first-order valence-corrected chi connectivity index (χ1v) is 9.50. The molecule has 2 N–H and O–H groups in total. The average Bonchev–Trinajstić information content (AvgIpc) is 3.16. The Labute approximate surface area is 164 Å². The summed E-state index contributed by atoms with van der Waals surface area (Å²) in [4.78, 5) is 16.7. The van der Waals surface area contributed by atoms with E-state index in [4.69, 9.17) is 4.74 Å². The molecular formula is C19H24ClN3O2S. The monoisotopic (exact) mass is 393 g/mol. The van der Waals surface area contributed by atoms with Crippen molar-refractivity contribution in [1.82, 2.24) is 15.6 Å². The van der Waals surface area contributed by atoms with Crippen molar-refractivity contribution in [2.24, 2.45) is 0 Å². The highest BCUT2D eigenvalue weighted by Gasteiger charge is 2.13. The Kier molecular flexibility index (Phi) is 8.09. The normalized spacial score (nSPS) is 13.5. The van der Waals surface area contributed by atoms with E-state index in [0.29, 0.717) is 18.8 Å². The molecule has 1 amide bonds. The number of rotatable bonds is 7. The van der Waals surface area contributed by atoms with E-state index in [9.17, 15) is 4.79 Å². The third-order valence-corrected chi connectivity index (χ3v) is 4.84. The van der Waals surface area contributed by atoms with Crippen LogP contribution < -0.4 is 15.4 Å². The Morgan fingerprint density at radius 1 is 1.35 bits per heavy atom. The van der Waals surface area contributed by atoms with Gasteiger partial charge in [0.2, 0.25) is 0 Å². The standard InChI is InChI=1S/C19H23N3O2S.ClH/c1-2-11-24-16-5-3-15(4-6-16)19-22-17(13-25-19)18(23)21-12-14-7-9-20-10-8-14;/h3-7,13,20H,2,8-12H2,1H3,(H,21,23);1H. The highest BCUT2D eigenvalue weighted by Crippen LogP contribution is 2.25. The zero-order valence-corrected chi connectivity index (χ0v) is 16.4. The van der Waals surface area contributed by atoms with Crippen LogP contribution in [0.3, 0.4) is 0 Å². The molecule has 0 spiro atoms. The van der Waals surface area contributed by atoms with Crippen LogP contribution in [0.2, 0.25) is 0 Å². The van der Waals surface area contributed by atoms with E-state index in [1.54, 1.807) is 0 Å². The van der Waals surface area contributed by atoms with Crippen LogP contribution in [0.15, 0.2) is 41.3 Å². The predicted molar refractivity (Wildman–Crippen MR) is 108 cm³/mol. The van der Waals surface area contributed by atoms with Gasteiger partial charge in [0.15, 0.2) is 0 Å². The largest absolute Gasteiger partial charge is 0.494 e. The molecule has 0 bridgehead atoms. The summed E-state index contributed by atoms with van der Waals surface area (Å²) < 4.78 is 5.59. The van der Waals surface area contributed by atoms with E-state index in [-0.39, 0.29) is 18.3 Å². The molecule has 0 unspecified atom stereocenters. The Morgan fingerprint density at radius 3 is 2.85 bits per heavy atom. The molecular weight excluding hydrogens is 370 g/mol. The molecule has 3 rings (SSSR count). The van der Waals surface area contributed by atoms with Crippen LogP contribution in [0.25, 0.3) is 10.6 Å². The molecule has 7 heteroatoms. The van der Waals surface area contributed by atoms with Crippen molar-refractivity contribution >= 4 is 29.7 Å². The minimum atomic E-state index is -0.121. The van der Waals surface area contributed by atoms with Gasteiger partial charge >= 0.3 is 0 Å². The summed E-state index contributed by atoms with van der Waals surface area (Å²) in [6, 6.07) is 7.84. The lowest BCUT2D eigenvalue weighted by Crippen LogP contribution is -2.29. The van der Waals surface area contributed by atoms with E-state index >= 15 is 0 Å². The third kappa shape index (κ3) is 5.56. The molecule has 1 aliphatic rings. The highest BCUT2D eigenvalue weighted by molar-refractivity contribution is 7.13. The molecule has 1 aliphatic heterocycles. The number of carbonyl (C=O) groups excluding carboxylic acids is 1. The topological polar surface area (TPSA) is 63.2 Å². The first-order valence-electron chi connectivity index (χ1n) is 8.62. The van der Waals surface area contributed by atoms with E-state index in [1.165, 1.54) is 16.9 Å². The molecule has 0 saturated carbocycles. The van der Waals surface area contributed by atoms with Crippen LogP contribution in [0.1, 0.15) is 30.3 Å². The summed E-state index contributed by atoms with van der Waals surface area (Å²) in [5.74, 6) is 0.736. The minimum Gasteiger partial charge on any atom is -0.494 e. The van der Waals surface area contributed by atoms with Crippen LogP contribution in [0, 0.1) is 0 Å². The molecule has 2 aromatic rings. The Balaban J connectivity index is 0.00000243. The number of benzene rings is 1. The summed E-state index contributed by atoms with van der Waals surface area (Å²) >= 11 is 1.48. The van der Waals surface area contributed by atoms with Crippen molar-refractivity contribution in [2.45, 2.75) is 19.8 Å². The van der Waals surface area contributed by atoms with Crippen LogP contribution in [-0.2, 0) is 0 Å². The second kappa shape index (κ2) is 10.3. The van der Waals surface area contributed by atoms with E-state index < -0.39 is 0 Å². The zero-order valence-electron chi connectivity index (χ0n) is 14.8. The Hall–Kier alpha value is -1.89. The average molecular weight is 394 g/mol. The van der Waals surface area contributed by atoms with Crippen molar-refractivity contribution < 1.29 is 9.53 Å². The van der Waals surface area contributed by atoms with Gasteiger partial charge in [-0.15, -0.1) is 23.7 Å². The van der Waals surface area contributed by atoms with Crippen LogP contribution in [0.5, 0.6) is 5.75 Å². The number of aromatic nitrogens is 1. The van der Waals surface area contributed by atoms with Gasteiger partial charge in [0.1, 0.15) is 16.5 Å². The Bertz CT molecular complexity index is 743. The number of hydrogen-bond donors (Lipinski definition) is 2. The van der Waals surface area contributed by atoms with Gasteiger partial charge in [0.25, 0.3) is 5.91 Å². The molecule has 1 aromatic carbocycles. The maximum absolute atomic E-state index is 12.3. The summed E-state index contributed by atoms with van der Waals surface area (Å²) in [6.07, 6.45) is 4.10. The fraction of sp³-hybridized carbons (Fsp3) is 0.368. The quantitative estimate of drug-likeness (QED) is 0.704. The molecule has 0 saturated heterocycles. The molecule has 0 fully saturated rings. The predicted octanol–water partition coefficient (Wildman–Crippen LogP) is 3.67. The lowest BCUT2D eigenvalue weighted by molar-refractivity contribution is 0.0952. The number of nitrogens with one attached hydrogen (secondary N) is 2. The van der Waals surface area contributed by atoms with Gasteiger partial charge in [-0.2, -0.15) is 0 Å². The second-order valence-corrected chi connectivity index (χ2v) is 6.77. The fourth-order valence-corrected chi connectivity index (χ4v) is 3.34. The number of hydrogen-bond acceptors (Lipinski definition) is 5. The van der Waals surface area contributed by atoms with Crippen LogP contribution in [0.4, 0.5) is 0 Å². The summed E-state index contributed by atoms with van der Waals surface area (Å²) in [5, 5.41) is 8.87. The SMILES string of the molecule is CCCOc1ccc(-c2nc(C(=O)NCC3=CCNCC3)cs2)cc1.Cl. The maximum Gasteiger partial charge on any atom is 0.271 e. The number of carbonyl (C=O) groups is 1. The van der Waals surface area contributed by atoms with E-state index in [1.807, 2.05) is 29.6 Å². The lowest BCUT2D eigenvalue weighted by atomic mass is 10.1. The van der Waals surface area contributed by atoms with Gasteiger partial charge < -0.3 is 15.4 Å². The van der Waals surface area contributed by atoms with Gasteiger partial charge in [-0.1, -0.05) is 18.6 Å². The molecule has 26 heavy (non-hydrogen) atoms. The number of thiazole rings is 1. The second-order valence-electron chi connectivity index (χ2n) is 5.91. The first-order chi connectivity index (χ1) is 12.3. The van der Waals surface area contributed by atoms with Crippen LogP contribution in [-0.4, -0.2) is 37.1 Å². The third-order valence-electron chi connectivity index (χ3n) is 3.94. The fourth-order valence-electron chi connectivity index (χ4n) is 2.54. The van der Waals surface area contributed by atoms with E-state index in [2.05, 4.69) is 28.6 Å². The van der Waals surface area contributed by atoms with Crippen molar-refractivity contribution in [1.29, 1.82) is 0 Å². The summed E-state index contributed by atoms with van der Waals surface area (Å²) in [5.41, 5.74) is 2.74. The Morgan fingerprint density at radius 2 is 2.15 bits per heavy atom. The minimum absolute atomic E-state index is 0. The lowest BCUT2D eigenvalue weighted by Gasteiger charge is -2.14.